The molecule has 0 atom stereocenters. The van der Waals surface area contributed by atoms with E-state index in [1.165, 1.54) is 7.05 Å². The molecule has 150 valence electrons. The number of esters is 1. The minimum absolute atomic E-state index is 0.0636. The first-order valence-electron chi connectivity index (χ1n) is 8.65. The van der Waals surface area contributed by atoms with Gasteiger partial charge >= 0.3 is 12.0 Å². The molecule has 2 rings (SSSR count). The lowest BCUT2D eigenvalue weighted by molar-refractivity contribution is -0.150. The van der Waals surface area contributed by atoms with Crippen molar-refractivity contribution in [2.75, 3.05) is 26.7 Å². The van der Waals surface area contributed by atoms with E-state index >= 15 is 0 Å². The van der Waals surface area contributed by atoms with Gasteiger partial charge in [0.2, 0.25) is 0 Å². The highest BCUT2D eigenvalue weighted by molar-refractivity contribution is 6.06. The van der Waals surface area contributed by atoms with Crippen LogP contribution in [-0.4, -0.2) is 66.3 Å². The second kappa shape index (κ2) is 8.20. The molecule has 1 aliphatic heterocycles. The maximum Gasteiger partial charge on any atom is 0.327 e. The highest BCUT2D eigenvalue weighted by Crippen LogP contribution is 2.22. The topological polar surface area (TPSA) is 113 Å². The summed E-state index contributed by atoms with van der Waals surface area (Å²) >= 11 is 0. The van der Waals surface area contributed by atoms with E-state index in [1.807, 2.05) is 20.8 Å². The molecular weight excluding hydrogens is 366 g/mol. The molecule has 1 aromatic carbocycles. The zero-order valence-electron chi connectivity index (χ0n) is 16.3. The number of hydrogen-bond acceptors (Lipinski definition) is 6. The average molecular weight is 389 g/mol. The van der Waals surface area contributed by atoms with Crippen LogP contribution in [0.4, 0.5) is 4.79 Å². The van der Waals surface area contributed by atoms with E-state index in [4.69, 9.17) is 4.74 Å². The second-order valence-corrected chi connectivity index (χ2v) is 7.48. The molecule has 1 aliphatic rings. The van der Waals surface area contributed by atoms with Crippen LogP contribution in [0.25, 0.3) is 0 Å². The van der Waals surface area contributed by atoms with Gasteiger partial charge in [0.15, 0.2) is 6.61 Å². The maximum atomic E-state index is 12.1. The Morgan fingerprint density at radius 2 is 1.71 bits per heavy atom. The van der Waals surface area contributed by atoms with Gasteiger partial charge in [-0.2, -0.15) is 0 Å². The number of hydrogen-bond donors (Lipinski definition) is 1. The van der Waals surface area contributed by atoms with Gasteiger partial charge in [-0.3, -0.25) is 29.4 Å². The number of benzene rings is 1. The lowest BCUT2D eigenvalue weighted by Gasteiger charge is -2.19. The number of imide groups is 2. The van der Waals surface area contributed by atoms with Crippen molar-refractivity contribution in [2.24, 2.45) is 0 Å². The van der Waals surface area contributed by atoms with Gasteiger partial charge in [-0.15, -0.1) is 0 Å². The molecule has 1 saturated heterocycles. The van der Waals surface area contributed by atoms with E-state index in [1.54, 1.807) is 24.3 Å². The standard InChI is InChI=1S/C19H23N3O6/c1-19(2,3)13-7-5-12(6-8-13)17(26)20-14(23)11-28-16(25)10-22-15(24)9-21(4)18(22)27/h5-8H,9-11H2,1-4H3,(H,20,23,26). The van der Waals surface area contributed by atoms with E-state index in [0.29, 0.717) is 5.56 Å². The molecule has 28 heavy (non-hydrogen) atoms. The second-order valence-electron chi connectivity index (χ2n) is 7.48. The Kier molecular flexibility index (Phi) is 6.17. The molecule has 1 fully saturated rings. The Balaban J connectivity index is 1.82. The van der Waals surface area contributed by atoms with Crippen molar-refractivity contribution in [2.45, 2.75) is 26.2 Å². The summed E-state index contributed by atoms with van der Waals surface area (Å²) in [6.07, 6.45) is 0. The summed E-state index contributed by atoms with van der Waals surface area (Å²) in [5.74, 6) is -2.88. The molecule has 0 unspecified atom stereocenters. The molecule has 0 aliphatic carbocycles. The van der Waals surface area contributed by atoms with Gasteiger partial charge in [-0.05, 0) is 23.1 Å². The molecule has 1 heterocycles. The lowest BCUT2D eigenvalue weighted by Crippen LogP contribution is -2.39. The number of nitrogens with one attached hydrogen (secondary N) is 1. The van der Waals surface area contributed by atoms with Crippen molar-refractivity contribution in [3.63, 3.8) is 0 Å². The van der Waals surface area contributed by atoms with Gasteiger partial charge < -0.3 is 9.64 Å². The Hall–Kier alpha value is -3.23. The van der Waals surface area contributed by atoms with Crippen molar-refractivity contribution in [3.8, 4) is 0 Å². The Morgan fingerprint density at radius 3 is 2.21 bits per heavy atom. The summed E-state index contributed by atoms with van der Waals surface area (Å²) < 4.78 is 4.73. The van der Waals surface area contributed by atoms with Crippen LogP contribution >= 0.6 is 0 Å². The van der Waals surface area contributed by atoms with Crippen LogP contribution in [0.1, 0.15) is 36.7 Å². The fourth-order valence-corrected chi connectivity index (χ4v) is 2.50. The third-order valence-electron chi connectivity index (χ3n) is 4.15. The molecule has 1 N–H and O–H groups in total. The molecule has 5 amide bonds. The van der Waals surface area contributed by atoms with Crippen LogP contribution < -0.4 is 5.32 Å². The highest BCUT2D eigenvalue weighted by atomic mass is 16.5. The summed E-state index contributed by atoms with van der Waals surface area (Å²) in [5.41, 5.74) is 1.27. The zero-order valence-corrected chi connectivity index (χ0v) is 16.3. The number of amides is 5. The van der Waals surface area contributed by atoms with Crippen LogP contribution in [0.5, 0.6) is 0 Å². The number of carbonyl (C=O) groups excluding carboxylic acids is 5. The number of carbonyl (C=O) groups is 5. The van der Waals surface area contributed by atoms with E-state index in [0.717, 1.165) is 15.4 Å². The molecule has 1 aromatic rings. The average Bonchev–Trinajstić information content (AvgIpc) is 2.85. The van der Waals surface area contributed by atoms with E-state index in [-0.39, 0.29) is 12.0 Å². The van der Waals surface area contributed by atoms with Crippen LogP contribution in [0.3, 0.4) is 0 Å². The van der Waals surface area contributed by atoms with Crippen LogP contribution in [0.15, 0.2) is 24.3 Å². The van der Waals surface area contributed by atoms with E-state index in [2.05, 4.69) is 5.32 Å². The van der Waals surface area contributed by atoms with Crippen LogP contribution in [0.2, 0.25) is 0 Å². The number of urea groups is 1. The molecule has 0 aromatic heterocycles. The van der Waals surface area contributed by atoms with Crippen molar-refractivity contribution < 1.29 is 28.7 Å². The quantitative estimate of drug-likeness (QED) is 0.585. The molecular formula is C19H23N3O6. The van der Waals surface area contributed by atoms with E-state index < -0.39 is 42.9 Å². The summed E-state index contributed by atoms with van der Waals surface area (Å²) in [6.45, 7) is 4.73. The number of nitrogens with zero attached hydrogens (tertiary/aromatic N) is 2. The Labute approximate surface area is 162 Å². The maximum absolute atomic E-state index is 12.1. The zero-order chi connectivity index (χ0) is 21.1. The van der Waals surface area contributed by atoms with Crippen molar-refractivity contribution in [1.82, 2.24) is 15.1 Å². The van der Waals surface area contributed by atoms with Gasteiger partial charge in [0.1, 0.15) is 13.1 Å². The Morgan fingerprint density at radius 1 is 1.11 bits per heavy atom. The molecule has 9 nitrogen and oxygen atoms in total. The largest absolute Gasteiger partial charge is 0.454 e. The summed E-state index contributed by atoms with van der Waals surface area (Å²) in [5, 5.41) is 2.12. The van der Waals surface area contributed by atoms with Crippen molar-refractivity contribution in [1.29, 1.82) is 0 Å². The van der Waals surface area contributed by atoms with Crippen LogP contribution in [-0.2, 0) is 24.5 Å². The lowest BCUT2D eigenvalue weighted by atomic mass is 9.87. The number of likely N-dealkylation sites (N-methyl/N-ethyl adjacent to an activating group) is 1. The third-order valence-corrected chi connectivity index (χ3v) is 4.15. The Bertz CT molecular complexity index is 810. The van der Waals surface area contributed by atoms with Crippen molar-refractivity contribution >= 4 is 29.7 Å². The fraction of sp³-hybridized carbons (Fsp3) is 0.421. The molecule has 0 saturated carbocycles. The van der Waals surface area contributed by atoms with Gasteiger partial charge in [0.05, 0.1) is 0 Å². The highest BCUT2D eigenvalue weighted by Gasteiger charge is 2.35. The van der Waals surface area contributed by atoms with Gasteiger partial charge in [-0.1, -0.05) is 32.9 Å². The van der Waals surface area contributed by atoms with Gasteiger partial charge in [0.25, 0.3) is 17.7 Å². The molecule has 0 radical (unpaired) electrons. The molecule has 9 heteroatoms. The summed E-state index contributed by atoms with van der Waals surface area (Å²) in [6, 6.07) is 6.22. The normalized spacial score (nSPS) is 14.3. The SMILES string of the molecule is CN1CC(=O)N(CC(=O)OCC(=O)NC(=O)c2ccc(C(C)(C)C)cc2)C1=O. The summed E-state index contributed by atoms with van der Waals surface area (Å²) in [4.78, 5) is 60.8. The predicted octanol–water partition coefficient (Wildman–Crippen LogP) is 0.678. The molecule has 0 spiro atoms. The van der Waals surface area contributed by atoms with Gasteiger partial charge in [0, 0.05) is 12.6 Å². The predicted molar refractivity (Wildman–Crippen MR) is 98.3 cm³/mol. The monoisotopic (exact) mass is 389 g/mol. The minimum atomic E-state index is -0.922. The third kappa shape index (κ3) is 5.15. The van der Waals surface area contributed by atoms with Crippen molar-refractivity contribution in [3.05, 3.63) is 35.4 Å². The van der Waals surface area contributed by atoms with Gasteiger partial charge in [-0.25, -0.2) is 4.79 Å². The smallest absolute Gasteiger partial charge is 0.327 e. The first kappa shape index (κ1) is 21.1. The first-order valence-corrected chi connectivity index (χ1v) is 8.65. The van der Waals surface area contributed by atoms with E-state index in [9.17, 15) is 24.0 Å². The fourth-order valence-electron chi connectivity index (χ4n) is 2.50. The van der Waals surface area contributed by atoms with Crippen LogP contribution in [0, 0.1) is 0 Å². The minimum Gasteiger partial charge on any atom is -0.454 e. The first-order chi connectivity index (χ1) is 13.0. The summed E-state index contributed by atoms with van der Waals surface area (Å²) in [7, 11) is 1.43. The number of rotatable bonds is 5. The molecule has 0 bridgehead atoms. The number of ether oxygens (including phenoxy) is 1.